The summed E-state index contributed by atoms with van der Waals surface area (Å²) in [6.45, 7) is 6.92. The van der Waals surface area contributed by atoms with E-state index in [9.17, 15) is 4.79 Å². The lowest BCUT2D eigenvalue weighted by atomic mass is 10.0. The van der Waals surface area contributed by atoms with Gasteiger partial charge in [0.1, 0.15) is 0 Å². The van der Waals surface area contributed by atoms with Crippen molar-refractivity contribution in [1.82, 2.24) is 20.8 Å². The third-order valence-electron chi connectivity index (χ3n) is 2.23. The summed E-state index contributed by atoms with van der Waals surface area (Å²) in [5.41, 5.74) is -0.550. The van der Waals surface area contributed by atoms with Crippen LogP contribution in [-0.2, 0) is 11.2 Å². The first-order valence-corrected chi connectivity index (χ1v) is 5.35. The molecule has 0 bridgehead atoms. The molecule has 0 aliphatic rings. The zero-order valence-electron chi connectivity index (χ0n) is 9.91. The molecule has 0 unspecified atom stereocenters. The van der Waals surface area contributed by atoms with Gasteiger partial charge >= 0.3 is 0 Å². The van der Waals surface area contributed by atoms with Crippen LogP contribution >= 0.6 is 0 Å². The van der Waals surface area contributed by atoms with Crippen molar-refractivity contribution in [3.63, 3.8) is 0 Å². The normalized spacial score (nSPS) is 11.4. The van der Waals surface area contributed by atoms with E-state index in [1.807, 2.05) is 20.8 Å². The Morgan fingerprint density at radius 3 is 2.88 bits per heavy atom. The average molecular weight is 226 g/mol. The fraction of sp³-hybridized carbons (Fsp3) is 0.700. The van der Waals surface area contributed by atoms with Crippen molar-refractivity contribution < 1.29 is 9.32 Å². The van der Waals surface area contributed by atoms with Gasteiger partial charge in [0.05, 0.1) is 5.54 Å². The Labute approximate surface area is 94.8 Å². The Balaban J connectivity index is 2.30. The Hall–Kier alpha value is -1.43. The fourth-order valence-electron chi connectivity index (χ4n) is 1.33. The quantitative estimate of drug-likeness (QED) is 0.720. The van der Waals surface area contributed by atoms with Crippen molar-refractivity contribution in [3.8, 4) is 0 Å². The van der Waals surface area contributed by atoms with Gasteiger partial charge in [-0.05, 0) is 20.4 Å². The van der Waals surface area contributed by atoms with Gasteiger partial charge in [0.15, 0.2) is 5.82 Å². The van der Waals surface area contributed by atoms with Gasteiger partial charge in [-0.1, -0.05) is 12.1 Å². The smallest absolute Gasteiger partial charge is 0.239 e. The highest BCUT2D eigenvalue weighted by Crippen LogP contribution is 2.01. The highest BCUT2D eigenvalue weighted by atomic mass is 16.5. The maximum Gasteiger partial charge on any atom is 0.239 e. The molecule has 0 saturated heterocycles. The topological polar surface area (TPSA) is 80.0 Å². The Morgan fingerprint density at radius 2 is 2.31 bits per heavy atom. The predicted molar refractivity (Wildman–Crippen MR) is 58.8 cm³/mol. The van der Waals surface area contributed by atoms with E-state index >= 15 is 0 Å². The molecule has 1 amide bonds. The maximum atomic E-state index is 11.7. The molecule has 0 atom stereocenters. The molecular formula is C10H18N4O2. The number of hydrogen-bond donors (Lipinski definition) is 2. The van der Waals surface area contributed by atoms with Crippen molar-refractivity contribution in [2.75, 3.05) is 13.1 Å². The van der Waals surface area contributed by atoms with Crippen molar-refractivity contribution in [2.45, 2.75) is 32.7 Å². The molecule has 0 spiro atoms. The van der Waals surface area contributed by atoms with E-state index < -0.39 is 5.54 Å². The van der Waals surface area contributed by atoms with Crippen LogP contribution in [0.5, 0.6) is 0 Å². The van der Waals surface area contributed by atoms with Crippen molar-refractivity contribution in [2.24, 2.45) is 0 Å². The SMILES string of the molecule is CCNC(C)(C)C(=O)NCCc1ncon1. The van der Waals surface area contributed by atoms with Gasteiger partial charge in [0, 0.05) is 13.0 Å². The number of carbonyl (C=O) groups is 1. The summed E-state index contributed by atoms with van der Waals surface area (Å²) in [7, 11) is 0. The number of nitrogens with one attached hydrogen (secondary N) is 2. The van der Waals surface area contributed by atoms with Crippen LogP contribution in [0.4, 0.5) is 0 Å². The molecule has 0 radical (unpaired) electrons. The molecule has 0 saturated carbocycles. The molecule has 1 rings (SSSR count). The predicted octanol–water partition coefficient (Wildman–Crippen LogP) is 0.116. The van der Waals surface area contributed by atoms with Crippen molar-refractivity contribution in [1.29, 1.82) is 0 Å². The van der Waals surface area contributed by atoms with Gasteiger partial charge in [-0.3, -0.25) is 4.79 Å². The lowest BCUT2D eigenvalue weighted by Gasteiger charge is -2.24. The summed E-state index contributed by atoms with van der Waals surface area (Å²) in [5, 5.41) is 9.58. The lowest BCUT2D eigenvalue weighted by molar-refractivity contribution is -0.126. The van der Waals surface area contributed by atoms with Crippen LogP contribution in [0.1, 0.15) is 26.6 Å². The molecule has 90 valence electrons. The van der Waals surface area contributed by atoms with Gasteiger partial charge in [-0.15, -0.1) is 0 Å². The van der Waals surface area contributed by atoms with Crippen LogP contribution in [-0.4, -0.2) is 34.7 Å². The summed E-state index contributed by atoms with van der Waals surface area (Å²) in [5.74, 6) is 0.569. The minimum atomic E-state index is -0.550. The molecule has 0 aliphatic heterocycles. The maximum absolute atomic E-state index is 11.7. The van der Waals surface area contributed by atoms with E-state index in [-0.39, 0.29) is 5.91 Å². The van der Waals surface area contributed by atoms with Gasteiger partial charge in [-0.2, -0.15) is 4.98 Å². The summed E-state index contributed by atoms with van der Waals surface area (Å²) in [6, 6.07) is 0. The highest BCUT2D eigenvalue weighted by molar-refractivity contribution is 5.85. The average Bonchev–Trinajstić information content (AvgIpc) is 2.70. The second-order valence-electron chi connectivity index (χ2n) is 4.01. The number of hydrogen-bond acceptors (Lipinski definition) is 5. The highest BCUT2D eigenvalue weighted by Gasteiger charge is 2.25. The number of likely N-dealkylation sites (N-methyl/N-ethyl adjacent to an activating group) is 1. The fourth-order valence-corrected chi connectivity index (χ4v) is 1.33. The Kier molecular flexibility index (Phi) is 4.42. The van der Waals surface area contributed by atoms with E-state index in [4.69, 9.17) is 0 Å². The van der Waals surface area contributed by atoms with Crippen molar-refractivity contribution >= 4 is 5.91 Å². The molecule has 16 heavy (non-hydrogen) atoms. The second kappa shape index (κ2) is 5.60. The van der Waals surface area contributed by atoms with E-state index in [1.165, 1.54) is 6.39 Å². The first-order chi connectivity index (χ1) is 7.56. The number of amides is 1. The van der Waals surface area contributed by atoms with Crippen LogP contribution in [0.2, 0.25) is 0 Å². The zero-order valence-corrected chi connectivity index (χ0v) is 9.91. The van der Waals surface area contributed by atoms with Gasteiger partial charge in [-0.25, -0.2) is 0 Å². The first-order valence-electron chi connectivity index (χ1n) is 5.35. The summed E-state index contributed by atoms with van der Waals surface area (Å²) in [6.07, 6.45) is 1.85. The molecule has 6 heteroatoms. The van der Waals surface area contributed by atoms with E-state index in [1.54, 1.807) is 0 Å². The summed E-state index contributed by atoms with van der Waals surface area (Å²) >= 11 is 0. The third-order valence-corrected chi connectivity index (χ3v) is 2.23. The molecule has 0 aliphatic carbocycles. The first kappa shape index (κ1) is 12.6. The van der Waals surface area contributed by atoms with E-state index in [0.717, 1.165) is 6.54 Å². The van der Waals surface area contributed by atoms with Crippen molar-refractivity contribution in [3.05, 3.63) is 12.2 Å². The van der Waals surface area contributed by atoms with Crippen LogP contribution in [0.3, 0.4) is 0 Å². The number of carbonyl (C=O) groups excluding carboxylic acids is 1. The third kappa shape index (κ3) is 3.62. The minimum Gasteiger partial charge on any atom is -0.354 e. The van der Waals surface area contributed by atoms with Gasteiger partial charge < -0.3 is 15.2 Å². The molecule has 2 N–H and O–H groups in total. The molecular weight excluding hydrogens is 208 g/mol. The zero-order chi connectivity index (χ0) is 12.0. The van der Waals surface area contributed by atoms with Gasteiger partial charge in [0.2, 0.25) is 12.3 Å². The number of rotatable bonds is 6. The molecule has 1 heterocycles. The minimum absolute atomic E-state index is 0.0298. The van der Waals surface area contributed by atoms with E-state index in [0.29, 0.717) is 18.8 Å². The summed E-state index contributed by atoms with van der Waals surface area (Å²) in [4.78, 5) is 15.6. The second-order valence-corrected chi connectivity index (χ2v) is 4.01. The molecule has 1 aromatic rings. The lowest BCUT2D eigenvalue weighted by Crippen LogP contribution is -2.52. The van der Waals surface area contributed by atoms with Crippen LogP contribution in [0, 0.1) is 0 Å². The monoisotopic (exact) mass is 226 g/mol. The largest absolute Gasteiger partial charge is 0.354 e. The standard InChI is InChI=1S/C10H18N4O2/c1-4-13-10(2,3)9(15)11-6-5-8-12-7-16-14-8/h7,13H,4-6H2,1-3H3,(H,11,15). The van der Waals surface area contributed by atoms with Gasteiger partial charge in [0.25, 0.3) is 0 Å². The number of nitrogens with zero attached hydrogens (tertiary/aromatic N) is 2. The molecule has 1 aromatic heterocycles. The Bertz CT molecular complexity index is 322. The van der Waals surface area contributed by atoms with E-state index in [2.05, 4.69) is 25.3 Å². The Morgan fingerprint density at radius 1 is 1.56 bits per heavy atom. The summed E-state index contributed by atoms with van der Waals surface area (Å²) < 4.78 is 4.59. The van der Waals surface area contributed by atoms with Crippen LogP contribution in [0.15, 0.2) is 10.9 Å². The molecule has 0 aromatic carbocycles. The van der Waals surface area contributed by atoms with Crippen LogP contribution in [0.25, 0.3) is 0 Å². The molecule has 0 fully saturated rings. The van der Waals surface area contributed by atoms with Crippen LogP contribution < -0.4 is 10.6 Å². The number of aromatic nitrogens is 2. The molecule has 6 nitrogen and oxygen atoms in total.